The fraction of sp³-hybridized carbons (Fsp3) is 0.179. The summed E-state index contributed by atoms with van der Waals surface area (Å²) in [7, 11) is 0. The second kappa shape index (κ2) is 10.9. The van der Waals surface area contributed by atoms with Gasteiger partial charge < -0.3 is 14.4 Å². The van der Waals surface area contributed by atoms with E-state index < -0.39 is 24.0 Å². The van der Waals surface area contributed by atoms with Gasteiger partial charge in [0.15, 0.2) is 5.76 Å². The third-order valence-corrected chi connectivity index (χ3v) is 5.70. The second-order valence-electron chi connectivity index (χ2n) is 8.42. The first kappa shape index (κ1) is 24.7. The van der Waals surface area contributed by atoms with E-state index in [1.807, 2.05) is 42.5 Å². The number of aliphatic carboxylic acids is 1. The van der Waals surface area contributed by atoms with Crippen LogP contribution in [0.25, 0.3) is 11.3 Å². The lowest BCUT2D eigenvalue weighted by Crippen LogP contribution is -2.17. The molecule has 184 valence electrons. The molecule has 1 amide bonds. The van der Waals surface area contributed by atoms with E-state index in [1.165, 1.54) is 6.07 Å². The third-order valence-electron chi connectivity index (χ3n) is 5.70. The molecule has 0 unspecified atom stereocenters. The Balaban J connectivity index is 1.45. The highest BCUT2D eigenvalue weighted by Gasteiger charge is 2.20. The summed E-state index contributed by atoms with van der Waals surface area (Å²) in [5, 5.41) is 15.8. The number of carboxylic acids is 1. The highest BCUT2D eigenvalue weighted by molar-refractivity contribution is 5.91. The molecule has 0 saturated carbocycles. The molecule has 0 bridgehead atoms. The number of ether oxygens (including phenoxy) is 1. The number of carbonyl (C=O) groups is 2. The van der Waals surface area contributed by atoms with Crippen molar-refractivity contribution in [2.75, 3.05) is 5.32 Å². The molecule has 4 aromatic rings. The second-order valence-corrected chi connectivity index (χ2v) is 8.42. The van der Waals surface area contributed by atoms with Crippen molar-refractivity contribution in [3.05, 3.63) is 107 Å². The summed E-state index contributed by atoms with van der Waals surface area (Å²) in [5.41, 5.74) is 4.60. The van der Waals surface area contributed by atoms with Gasteiger partial charge in [-0.05, 0) is 43.0 Å². The number of carboxylic acid groups (broad SMARTS) is 1. The Morgan fingerprint density at radius 1 is 1.03 bits per heavy atom. The van der Waals surface area contributed by atoms with Crippen LogP contribution in [-0.2, 0) is 22.4 Å². The fourth-order valence-electron chi connectivity index (χ4n) is 3.92. The van der Waals surface area contributed by atoms with Crippen molar-refractivity contribution in [1.29, 1.82) is 0 Å². The van der Waals surface area contributed by atoms with E-state index in [1.54, 1.807) is 38.1 Å². The number of nitrogens with one attached hydrogen (secondary N) is 1. The van der Waals surface area contributed by atoms with Crippen LogP contribution in [0.5, 0.6) is 0 Å². The van der Waals surface area contributed by atoms with Crippen LogP contribution in [0.15, 0.2) is 77.3 Å². The van der Waals surface area contributed by atoms with Crippen LogP contribution in [0.3, 0.4) is 0 Å². The maximum Gasteiger partial charge on any atom is 0.412 e. The number of rotatable bonds is 8. The first-order valence-corrected chi connectivity index (χ1v) is 11.4. The lowest BCUT2D eigenvalue weighted by atomic mass is 10.00. The van der Waals surface area contributed by atoms with Crippen LogP contribution in [-0.4, -0.2) is 22.3 Å². The molecule has 0 fully saturated rings. The molecule has 4 rings (SSSR count). The maximum absolute atomic E-state index is 14.0. The summed E-state index contributed by atoms with van der Waals surface area (Å²) in [5.74, 6) is -0.914. The molecule has 7 nitrogen and oxygen atoms in total. The van der Waals surface area contributed by atoms with Crippen molar-refractivity contribution in [2.45, 2.75) is 32.8 Å². The van der Waals surface area contributed by atoms with E-state index in [2.05, 4.69) is 10.5 Å². The number of carbonyl (C=O) groups excluding carboxylic acids is 1. The summed E-state index contributed by atoms with van der Waals surface area (Å²) >= 11 is 0. The lowest BCUT2D eigenvalue weighted by molar-refractivity contribution is -0.136. The Bertz CT molecular complexity index is 1380. The Kier molecular flexibility index (Phi) is 7.44. The third kappa shape index (κ3) is 5.96. The molecule has 2 N–H and O–H groups in total. The van der Waals surface area contributed by atoms with Gasteiger partial charge in [-0.1, -0.05) is 71.9 Å². The van der Waals surface area contributed by atoms with Crippen LogP contribution in [0, 0.1) is 12.7 Å². The zero-order valence-electron chi connectivity index (χ0n) is 19.8. The molecular weight excluding hydrogens is 463 g/mol. The zero-order chi connectivity index (χ0) is 25.7. The minimum Gasteiger partial charge on any atom is -0.481 e. The summed E-state index contributed by atoms with van der Waals surface area (Å²) in [6, 6.07) is 21.2. The Morgan fingerprint density at radius 2 is 1.75 bits per heavy atom. The Labute approximate surface area is 207 Å². The van der Waals surface area contributed by atoms with Crippen LogP contribution in [0.2, 0.25) is 0 Å². The molecule has 1 atom stereocenters. The van der Waals surface area contributed by atoms with E-state index in [0.29, 0.717) is 23.6 Å². The normalized spacial score (nSPS) is 11.6. The van der Waals surface area contributed by atoms with Gasteiger partial charge in [0.05, 0.1) is 6.42 Å². The fourth-order valence-corrected chi connectivity index (χ4v) is 3.92. The van der Waals surface area contributed by atoms with E-state index in [-0.39, 0.29) is 12.0 Å². The summed E-state index contributed by atoms with van der Waals surface area (Å²) in [6.45, 7) is 3.26. The number of benzene rings is 3. The van der Waals surface area contributed by atoms with Gasteiger partial charge in [0.2, 0.25) is 0 Å². The SMILES string of the molecule is Cc1onc(-c2ccc(Cc3cccc(CC(=O)O)c3)cc2)c1NC(=O)O[C@H](C)c1ccccc1F. The number of anilines is 1. The number of hydrogen-bond acceptors (Lipinski definition) is 5. The predicted octanol–water partition coefficient (Wildman–Crippen LogP) is 6.32. The highest BCUT2D eigenvalue weighted by Crippen LogP contribution is 2.31. The van der Waals surface area contributed by atoms with E-state index in [4.69, 9.17) is 14.4 Å². The first-order valence-electron chi connectivity index (χ1n) is 11.4. The standard InChI is InChI=1S/C28H25FN2O5/c1-17(23-8-3-4-9-24(23)29)35-28(34)30-26-18(2)36-31-27(26)22-12-10-19(11-13-22)14-20-6-5-7-21(15-20)16-25(32)33/h3-13,15,17H,14,16H2,1-2H3,(H,30,34)(H,32,33)/t17-/m1/s1. The number of halogens is 1. The lowest BCUT2D eigenvalue weighted by Gasteiger charge is -2.15. The number of amides is 1. The van der Waals surface area contributed by atoms with Crippen molar-refractivity contribution in [3.63, 3.8) is 0 Å². The largest absolute Gasteiger partial charge is 0.481 e. The molecule has 0 aliphatic heterocycles. The molecule has 0 saturated heterocycles. The highest BCUT2D eigenvalue weighted by atomic mass is 19.1. The molecule has 3 aromatic carbocycles. The zero-order valence-corrected chi connectivity index (χ0v) is 19.8. The van der Waals surface area contributed by atoms with E-state index in [9.17, 15) is 14.0 Å². The molecule has 1 heterocycles. The van der Waals surface area contributed by atoms with Crippen molar-refractivity contribution in [2.24, 2.45) is 0 Å². The monoisotopic (exact) mass is 488 g/mol. The molecule has 8 heteroatoms. The molecule has 0 spiro atoms. The summed E-state index contributed by atoms with van der Waals surface area (Å²) in [6.07, 6.45) is -0.925. The van der Waals surface area contributed by atoms with Crippen molar-refractivity contribution in [1.82, 2.24) is 5.16 Å². The van der Waals surface area contributed by atoms with Gasteiger partial charge in [0.25, 0.3) is 0 Å². The van der Waals surface area contributed by atoms with Crippen LogP contribution in [0.4, 0.5) is 14.9 Å². The van der Waals surface area contributed by atoms with Crippen LogP contribution in [0.1, 0.15) is 41.0 Å². The topological polar surface area (TPSA) is 102 Å². The molecule has 0 radical (unpaired) electrons. The van der Waals surface area contributed by atoms with Gasteiger partial charge in [-0.15, -0.1) is 0 Å². The molecule has 1 aromatic heterocycles. The van der Waals surface area contributed by atoms with Gasteiger partial charge >= 0.3 is 12.1 Å². The smallest absolute Gasteiger partial charge is 0.412 e. The maximum atomic E-state index is 14.0. The van der Waals surface area contributed by atoms with Crippen LogP contribution >= 0.6 is 0 Å². The van der Waals surface area contributed by atoms with Gasteiger partial charge in [0, 0.05) is 11.1 Å². The predicted molar refractivity (Wildman–Crippen MR) is 132 cm³/mol. The molecule has 36 heavy (non-hydrogen) atoms. The number of aryl methyl sites for hydroxylation is 1. The minimum absolute atomic E-state index is 0.0183. The number of aromatic nitrogens is 1. The quantitative estimate of drug-likeness (QED) is 0.301. The molecular formula is C28H25FN2O5. The number of hydrogen-bond donors (Lipinski definition) is 2. The van der Waals surface area contributed by atoms with Gasteiger partial charge in [-0.3, -0.25) is 10.1 Å². The average Bonchev–Trinajstić information content (AvgIpc) is 3.19. The summed E-state index contributed by atoms with van der Waals surface area (Å²) < 4.78 is 24.7. The summed E-state index contributed by atoms with van der Waals surface area (Å²) in [4.78, 5) is 23.5. The van der Waals surface area contributed by atoms with E-state index in [0.717, 1.165) is 22.3 Å². The number of nitrogens with zero attached hydrogens (tertiary/aromatic N) is 1. The van der Waals surface area contributed by atoms with Gasteiger partial charge in [-0.2, -0.15) is 0 Å². The molecule has 0 aliphatic rings. The molecule has 0 aliphatic carbocycles. The van der Waals surface area contributed by atoms with Crippen molar-refractivity contribution >= 4 is 17.7 Å². The van der Waals surface area contributed by atoms with Gasteiger partial charge in [0.1, 0.15) is 23.3 Å². The Hall–Kier alpha value is -4.46. The minimum atomic E-state index is -0.866. The van der Waals surface area contributed by atoms with Crippen molar-refractivity contribution in [3.8, 4) is 11.3 Å². The van der Waals surface area contributed by atoms with Crippen molar-refractivity contribution < 1.29 is 28.3 Å². The van der Waals surface area contributed by atoms with E-state index >= 15 is 0 Å². The first-order chi connectivity index (χ1) is 17.3. The van der Waals surface area contributed by atoms with Crippen LogP contribution < -0.4 is 5.32 Å². The Morgan fingerprint density at radius 3 is 2.47 bits per heavy atom. The average molecular weight is 489 g/mol. The van der Waals surface area contributed by atoms with Gasteiger partial charge in [-0.25, -0.2) is 9.18 Å².